The Labute approximate surface area is 164 Å². The van der Waals surface area contributed by atoms with E-state index in [0.29, 0.717) is 0 Å². The molecular formula is C20H18BrN3O3. The van der Waals surface area contributed by atoms with Gasteiger partial charge in [0.1, 0.15) is 6.54 Å². The van der Waals surface area contributed by atoms with Gasteiger partial charge in [0.2, 0.25) is 5.91 Å². The van der Waals surface area contributed by atoms with Gasteiger partial charge in [-0.25, -0.2) is 5.43 Å². The number of methoxy groups -OCH3 is 1. The summed E-state index contributed by atoms with van der Waals surface area (Å²) >= 11 is 3.37. The summed E-state index contributed by atoms with van der Waals surface area (Å²) in [6.07, 6.45) is 3.64. The number of hydrogen-bond donors (Lipinski definition) is 1. The molecule has 6 nitrogen and oxygen atoms in total. The number of esters is 1. The van der Waals surface area contributed by atoms with Crippen LogP contribution in [0.1, 0.15) is 11.1 Å². The van der Waals surface area contributed by atoms with Crippen LogP contribution in [0.2, 0.25) is 0 Å². The van der Waals surface area contributed by atoms with Crippen molar-refractivity contribution in [1.82, 2.24) is 9.99 Å². The summed E-state index contributed by atoms with van der Waals surface area (Å²) in [6.45, 7) is 0.112. The fourth-order valence-corrected chi connectivity index (χ4v) is 2.98. The van der Waals surface area contributed by atoms with E-state index in [4.69, 9.17) is 4.74 Å². The SMILES string of the molecule is COC(=O)Cn1cc(/C=N/NC(=O)Cc2ccc(Br)cc2)c2ccccc21. The van der Waals surface area contributed by atoms with Gasteiger partial charge in [-0.2, -0.15) is 5.10 Å². The maximum atomic E-state index is 12.0. The predicted octanol–water partition coefficient (Wildman–Crippen LogP) is 3.27. The Bertz CT molecular complexity index is 993. The van der Waals surface area contributed by atoms with Gasteiger partial charge < -0.3 is 9.30 Å². The number of nitrogens with one attached hydrogen (secondary N) is 1. The van der Waals surface area contributed by atoms with Crippen molar-refractivity contribution in [2.24, 2.45) is 5.10 Å². The molecule has 3 rings (SSSR count). The van der Waals surface area contributed by atoms with E-state index < -0.39 is 0 Å². The van der Waals surface area contributed by atoms with Gasteiger partial charge in [-0.15, -0.1) is 0 Å². The van der Waals surface area contributed by atoms with Gasteiger partial charge in [0.25, 0.3) is 0 Å². The highest BCUT2D eigenvalue weighted by molar-refractivity contribution is 9.10. The van der Waals surface area contributed by atoms with E-state index in [9.17, 15) is 9.59 Å². The molecule has 3 aromatic rings. The Morgan fingerprint density at radius 1 is 1.19 bits per heavy atom. The Balaban J connectivity index is 1.71. The number of nitrogens with zero attached hydrogens (tertiary/aromatic N) is 2. The second kappa shape index (κ2) is 8.64. The first-order chi connectivity index (χ1) is 13.1. The van der Waals surface area contributed by atoms with E-state index in [0.717, 1.165) is 26.5 Å². The van der Waals surface area contributed by atoms with Crippen molar-refractivity contribution in [3.05, 3.63) is 70.3 Å². The van der Waals surface area contributed by atoms with Gasteiger partial charge in [0, 0.05) is 27.1 Å². The lowest BCUT2D eigenvalue weighted by Crippen LogP contribution is -2.19. The number of fused-ring (bicyclic) bond motifs is 1. The number of para-hydroxylation sites is 1. The molecule has 0 saturated carbocycles. The van der Waals surface area contributed by atoms with Crippen LogP contribution in [0.4, 0.5) is 0 Å². The maximum absolute atomic E-state index is 12.0. The summed E-state index contributed by atoms with van der Waals surface area (Å²) in [6, 6.07) is 15.2. The number of aromatic nitrogens is 1. The topological polar surface area (TPSA) is 72.7 Å². The van der Waals surface area contributed by atoms with E-state index in [2.05, 4.69) is 26.5 Å². The molecule has 1 aromatic heterocycles. The van der Waals surface area contributed by atoms with Crippen LogP contribution in [0.3, 0.4) is 0 Å². The molecule has 1 amide bonds. The maximum Gasteiger partial charge on any atom is 0.325 e. The largest absolute Gasteiger partial charge is 0.468 e. The van der Waals surface area contributed by atoms with Gasteiger partial charge in [0.15, 0.2) is 0 Å². The number of rotatable bonds is 6. The highest BCUT2D eigenvalue weighted by Crippen LogP contribution is 2.20. The van der Waals surface area contributed by atoms with Crippen LogP contribution in [-0.4, -0.2) is 29.8 Å². The van der Waals surface area contributed by atoms with Crippen molar-refractivity contribution in [3.63, 3.8) is 0 Å². The molecule has 0 aliphatic heterocycles. The normalized spacial score (nSPS) is 11.0. The summed E-state index contributed by atoms with van der Waals surface area (Å²) < 4.78 is 7.50. The van der Waals surface area contributed by atoms with Crippen molar-refractivity contribution < 1.29 is 14.3 Å². The summed E-state index contributed by atoms with van der Waals surface area (Å²) in [5.74, 6) is -0.533. The lowest BCUT2D eigenvalue weighted by atomic mass is 10.1. The third kappa shape index (κ3) is 4.83. The molecule has 0 spiro atoms. The van der Waals surface area contributed by atoms with Crippen LogP contribution in [-0.2, 0) is 27.3 Å². The van der Waals surface area contributed by atoms with Crippen LogP contribution >= 0.6 is 15.9 Å². The lowest BCUT2D eigenvalue weighted by molar-refractivity contribution is -0.141. The van der Waals surface area contributed by atoms with Crippen LogP contribution < -0.4 is 5.43 Å². The molecule has 0 bridgehead atoms. The molecule has 27 heavy (non-hydrogen) atoms. The first-order valence-corrected chi connectivity index (χ1v) is 9.07. The third-order valence-corrected chi connectivity index (χ3v) is 4.55. The molecule has 7 heteroatoms. The Morgan fingerprint density at radius 2 is 1.93 bits per heavy atom. The van der Waals surface area contributed by atoms with E-state index in [1.165, 1.54) is 7.11 Å². The summed E-state index contributed by atoms with van der Waals surface area (Å²) in [5.41, 5.74) is 5.14. The predicted molar refractivity (Wildman–Crippen MR) is 108 cm³/mol. The van der Waals surface area contributed by atoms with E-state index in [1.54, 1.807) is 10.8 Å². The van der Waals surface area contributed by atoms with Crippen LogP contribution in [0, 0.1) is 0 Å². The Kier molecular flexibility index (Phi) is 6.03. The first-order valence-electron chi connectivity index (χ1n) is 8.28. The number of benzene rings is 2. The number of hydrogen-bond acceptors (Lipinski definition) is 4. The van der Waals surface area contributed by atoms with Crippen molar-refractivity contribution in [3.8, 4) is 0 Å². The highest BCUT2D eigenvalue weighted by Gasteiger charge is 2.10. The molecule has 0 atom stereocenters. The second-order valence-electron chi connectivity index (χ2n) is 5.90. The van der Waals surface area contributed by atoms with Gasteiger partial charge in [-0.1, -0.05) is 46.3 Å². The van der Waals surface area contributed by atoms with Crippen molar-refractivity contribution in [1.29, 1.82) is 0 Å². The molecule has 2 aromatic carbocycles. The van der Waals surface area contributed by atoms with Crippen molar-refractivity contribution in [2.45, 2.75) is 13.0 Å². The van der Waals surface area contributed by atoms with Crippen LogP contribution in [0.25, 0.3) is 10.9 Å². The first kappa shape index (κ1) is 18.8. The molecular weight excluding hydrogens is 410 g/mol. The average Bonchev–Trinajstić information content (AvgIpc) is 3.01. The minimum absolute atomic E-state index is 0.112. The minimum Gasteiger partial charge on any atom is -0.468 e. The molecule has 0 fully saturated rings. The van der Waals surface area contributed by atoms with Gasteiger partial charge in [-0.05, 0) is 23.8 Å². The molecule has 0 aliphatic carbocycles. The fourth-order valence-electron chi connectivity index (χ4n) is 2.71. The minimum atomic E-state index is -0.331. The molecule has 0 aliphatic rings. The zero-order valence-corrected chi connectivity index (χ0v) is 16.3. The Hall–Kier alpha value is -2.93. The zero-order valence-electron chi connectivity index (χ0n) is 14.7. The fraction of sp³-hybridized carbons (Fsp3) is 0.150. The summed E-state index contributed by atoms with van der Waals surface area (Å²) in [5, 5.41) is 4.99. The smallest absolute Gasteiger partial charge is 0.325 e. The molecule has 1 heterocycles. The Morgan fingerprint density at radius 3 is 2.67 bits per heavy atom. The molecule has 1 N–H and O–H groups in total. The number of halogens is 1. The van der Waals surface area contributed by atoms with Gasteiger partial charge >= 0.3 is 5.97 Å². The highest BCUT2D eigenvalue weighted by atomic mass is 79.9. The monoisotopic (exact) mass is 427 g/mol. The summed E-state index contributed by atoms with van der Waals surface area (Å²) in [7, 11) is 1.36. The lowest BCUT2D eigenvalue weighted by Gasteiger charge is -2.02. The van der Waals surface area contributed by atoms with Crippen LogP contribution in [0.15, 0.2) is 64.3 Å². The van der Waals surface area contributed by atoms with Gasteiger partial charge in [0.05, 0.1) is 19.7 Å². The molecule has 0 saturated heterocycles. The standard InChI is InChI=1S/C20H18BrN3O3/c1-27-20(26)13-24-12-15(17-4-2-3-5-18(17)24)11-22-23-19(25)10-14-6-8-16(21)9-7-14/h2-9,11-12H,10,13H2,1H3,(H,23,25)/b22-11+. The molecule has 0 radical (unpaired) electrons. The zero-order chi connectivity index (χ0) is 19.2. The summed E-state index contributed by atoms with van der Waals surface area (Å²) in [4.78, 5) is 23.6. The third-order valence-electron chi connectivity index (χ3n) is 4.02. The second-order valence-corrected chi connectivity index (χ2v) is 6.82. The van der Waals surface area contributed by atoms with E-state index >= 15 is 0 Å². The van der Waals surface area contributed by atoms with Crippen LogP contribution in [0.5, 0.6) is 0 Å². The van der Waals surface area contributed by atoms with E-state index in [1.807, 2.05) is 54.7 Å². The number of carbonyl (C=O) groups is 2. The number of amides is 1. The van der Waals surface area contributed by atoms with Crippen molar-refractivity contribution >= 4 is 44.9 Å². The number of ether oxygens (including phenoxy) is 1. The van der Waals surface area contributed by atoms with Gasteiger partial charge in [-0.3, -0.25) is 9.59 Å². The van der Waals surface area contributed by atoms with E-state index in [-0.39, 0.29) is 24.8 Å². The number of carbonyl (C=O) groups excluding carboxylic acids is 2. The number of hydrazone groups is 1. The quantitative estimate of drug-likeness (QED) is 0.372. The average molecular weight is 428 g/mol. The molecule has 138 valence electrons. The van der Waals surface area contributed by atoms with Crippen molar-refractivity contribution in [2.75, 3.05) is 7.11 Å². The molecule has 0 unspecified atom stereocenters.